The van der Waals surface area contributed by atoms with Gasteiger partial charge in [-0.25, -0.2) is 0 Å². The van der Waals surface area contributed by atoms with Crippen molar-refractivity contribution in [1.82, 2.24) is 5.32 Å². The van der Waals surface area contributed by atoms with Gasteiger partial charge in [-0.15, -0.1) is 13.2 Å². The number of alkyl halides is 5. The molecule has 0 heterocycles. The van der Waals surface area contributed by atoms with E-state index in [1.165, 1.54) is 6.07 Å². The molecular weight excluding hydrogens is 460 g/mol. The van der Waals surface area contributed by atoms with Gasteiger partial charge in [0.05, 0.1) is 12.1 Å². The van der Waals surface area contributed by atoms with Crippen LogP contribution in [0, 0.1) is 3.57 Å². The molecule has 0 unspecified atom stereocenters. The summed E-state index contributed by atoms with van der Waals surface area (Å²) in [6.07, 6.45) is -4.90. The van der Waals surface area contributed by atoms with Crippen molar-refractivity contribution in [2.45, 2.75) is 12.3 Å². The standard InChI is InChI=1S/C16H11F5INO2/c17-15(18,9-23-14(24)12-3-1-2-4-13(12)22)10-5-7-11(8-6-10)25-16(19,20)21/h1-8H,9H2,(H,23,24). The Bertz CT molecular complexity index is 747. The fourth-order valence-electron chi connectivity index (χ4n) is 1.93. The van der Waals surface area contributed by atoms with Gasteiger partial charge < -0.3 is 10.1 Å². The number of hydrogen-bond acceptors (Lipinski definition) is 2. The molecule has 1 N–H and O–H groups in total. The second-order valence-corrected chi connectivity index (χ2v) is 6.10. The third-order valence-electron chi connectivity index (χ3n) is 3.10. The molecule has 3 nitrogen and oxygen atoms in total. The van der Waals surface area contributed by atoms with E-state index in [9.17, 15) is 26.7 Å². The Morgan fingerprint density at radius 1 is 1.00 bits per heavy atom. The number of amides is 1. The number of nitrogens with one attached hydrogen (secondary N) is 1. The van der Waals surface area contributed by atoms with E-state index in [0.29, 0.717) is 3.57 Å². The summed E-state index contributed by atoms with van der Waals surface area (Å²) in [5, 5.41) is 2.13. The third kappa shape index (κ3) is 5.55. The Morgan fingerprint density at radius 2 is 1.60 bits per heavy atom. The van der Waals surface area contributed by atoms with Crippen LogP contribution in [0.3, 0.4) is 0 Å². The van der Waals surface area contributed by atoms with E-state index < -0.39 is 36.0 Å². The van der Waals surface area contributed by atoms with Gasteiger partial charge in [-0.05, 0) is 59.0 Å². The van der Waals surface area contributed by atoms with Crippen LogP contribution in [0.4, 0.5) is 22.0 Å². The summed E-state index contributed by atoms with van der Waals surface area (Å²) in [6, 6.07) is 9.69. The Hall–Kier alpha value is -1.91. The van der Waals surface area contributed by atoms with Gasteiger partial charge in [-0.3, -0.25) is 4.79 Å². The molecule has 0 aliphatic carbocycles. The van der Waals surface area contributed by atoms with Gasteiger partial charge in [0.15, 0.2) is 0 Å². The van der Waals surface area contributed by atoms with Gasteiger partial charge in [0.25, 0.3) is 11.8 Å². The Labute approximate surface area is 153 Å². The van der Waals surface area contributed by atoms with Crippen LogP contribution in [0.2, 0.25) is 0 Å². The largest absolute Gasteiger partial charge is 0.573 e. The van der Waals surface area contributed by atoms with E-state index in [2.05, 4.69) is 10.1 Å². The highest BCUT2D eigenvalue weighted by molar-refractivity contribution is 14.1. The molecule has 0 aromatic heterocycles. The summed E-state index contributed by atoms with van der Waals surface area (Å²) in [4.78, 5) is 12.0. The molecule has 1 amide bonds. The number of hydrogen-bond donors (Lipinski definition) is 1. The molecule has 2 aromatic rings. The maximum atomic E-state index is 14.1. The predicted molar refractivity (Wildman–Crippen MR) is 88.5 cm³/mol. The minimum atomic E-state index is -4.90. The molecule has 9 heteroatoms. The number of benzene rings is 2. The summed E-state index contributed by atoms with van der Waals surface area (Å²) < 4.78 is 68.7. The van der Waals surface area contributed by atoms with Crippen LogP contribution in [0.15, 0.2) is 48.5 Å². The average molecular weight is 471 g/mol. The lowest BCUT2D eigenvalue weighted by molar-refractivity contribution is -0.274. The summed E-state index contributed by atoms with van der Waals surface area (Å²) in [5.74, 6) is -4.72. The molecule has 0 saturated heterocycles. The number of rotatable bonds is 5. The topological polar surface area (TPSA) is 38.3 Å². The predicted octanol–water partition coefficient (Wildman–Crippen LogP) is 4.71. The van der Waals surface area contributed by atoms with Crippen molar-refractivity contribution in [3.05, 3.63) is 63.2 Å². The molecule has 0 aliphatic heterocycles. The summed E-state index contributed by atoms with van der Waals surface area (Å²) >= 11 is 1.91. The quantitative estimate of drug-likeness (QED) is 0.507. The molecule has 2 aromatic carbocycles. The lowest BCUT2D eigenvalue weighted by Crippen LogP contribution is -2.35. The second-order valence-electron chi connectivity index (χ2n) is 4.94. The fraction of sp³-hybridized carbons (Fsp3) is 0.188. The van der Waals surface area contributed by atoms with Crippen molar-refractivity contribution in [3.8, 4) is 5.75 Å². The molecular formula is C16H11F5INO2. The van der Waals surface area contributed by atoms with Crippen LogP contribution in [-0.4, -0.2) is 18.8 Å². The highest BCUT2D eigenvalue weighted by atomic mass is 127. The Morgan fingerprint density at radius 3 is 2.16 bits per heavy atom. The summed E-state index contributed by atoms with van der Waals surface area (Å²) in [5.41, 5.74) is -0.280. The highest BCUT2D eigenvalue weighted by Gasteiger charge is 2.34. The first-order valence-electron chi connectivity index (χ1n) is 6.85. The molecule has 0 atom stereocenters. The van der Waals surface area contributed by atoms with Crippen molar-refractivity contribution >= 4 is 28.5 Å². The molecule has 134 valence electrons. The minimum Gasteiger partial charge on any atom is -0.406 e. The van der Waals surface area contributed by atoms with Crippen molar-refractivity contribution in [1.29, 1.82) is 0 Å². The van der Waals surface area contributed by atoms with E-state index in [0.717, 1.165) is 24.3 Å². The van der Waals surface area contributed by atoms with E-state index >= 15 is 0 Å². The molecule has 0 bridgehead atoms. The van der Waals surface area contributed by atoms with Gasteiger partial charge >= 0.3 is 6.36 Å². The van der Waals surface area contributed by atoms with Gasteiger partial charge in [0, 0.05) is 9.13 Å². The second kappa shape index (κ2) is 7.54. The van der Waals surface area contributed by atoms with Crippen molar-refractivity contribution in [3.63, 3.8) is 0 Å². The Kier molecular flexibility index (Phi) is 5.86. The first-order chi connectivity index (χ1) is 11.6. The van der Waals surface area contributed by atoms with Gasteiger partial charge in [0.1, 0.15) is 5.75 Å². The highest BCUT2D eigenvalue weighted by Crippen LogP contribution is 2.30. The van der Waals surface area contributed by atoms with Crippen LogP contribution < -0.4 is 10.1 Å². The van der Waals surface area contributed by atoms with Crippen LogP contribution in [0.25, 0.3) is 0 Å². The number of carbonyl (C=O) groups excluding carboxylic acids is 1. The summed E-state index contributed by atoms with van der Waals surface area (Å²) in [7, 11) is 0. The first-order valence-corrected chi connectivity index (χ1v) is 7.93. The van der Waals surface area contributed by atoms with Crippen molar-refractivity contribution < 1.29 is 31.5 Å². The third-order valence-corrected chi connectivity index (χ3v) is 4.04. The van der Waals surface area contributed by atoms with Crippen LogP contribution in [-0.2, 0) is 5.92 Å². The fourth-order valence-corrected chi connectivity index (χ4v) is 2.57. The monoisotopic (exact) mass is 471 g/mol. The van der Waals surface area contributed by atoms with Gasteiger partial charge in [-0.1, -0.05) is 12.1 Å². The maximum Gasteiger partial charge on any atom is 0.573 e. The normalized spacial score (nSPS) is 11.9. The Balaban J connectivity index is 2.03. The molecule has 0 radical (unpaired) electrons. The van der Waals surface area contributed by atoms with Crippen LogP contribution in [0.1, 0.15) is 15.9 Å². The van der Waals surface area contributed by atoms with Gasteiger partial charge in [-0.2, -0.15) is 8.78 Å². The minimum absolute atomic E-state index is 0.257. The van der Waals surface area contributed by atoms with E-state index in [1.807, 2.05) is 22.6 Å². The van der Waals surface area contributed by atoms with Crippen LogP contribution in [0.5, 0.6) is 5.75 Å². The zero-order chi connectivity index (χ0) is 18.7. The lowest BCUT2D eigenvalue weighted by atomic mass is 10.1. The molecule has 25 heavy (non-hydrogen) atoms. The maximum absolute atomic E-state index is 14.1. The SMILES string of the molecule is O=C(NCC(F)(F)c1ccc(OC(F)(F)F)cc1)c1ccccc1I. The average Bonchev–Trinajstić information content (AvgIpc) is 2.52. The van der Waals surface area contributed by atoms with Crippen molar-refractivity contribution in [2.24, 2.45) is 0 Å². The lowest BCUT2D eigenvalue weighted by Gasteiger charge is -2.18. The molecule has 0 fully saturated rings. The molecule has 2 rings (SSSR count). The number of carbonyl (C=O) groups is 1. The zero-order valence-corrected chi connectivity index (χ0v) is 14.6. The van der Waals surface area contributed by atoms with E-state index in [1.54, 1.807) is 18.2 Å². The number of halogens is 6. The smallest absolute Gasteiger partial charge is 0.406 e. The van der Waals surface area contributed by atoms with Crippen LogP contribution >= 0.6 is 22.6 Å². The first kappa shape index (κ1) is 19.4. The van der Waals surface area contributed by atoms with E-state index in [4.69, 9.17) is 0 Å². The molecule has 0 saturated carbocycles. The van der Waals surface area contributed by atoms with E-state index in [-0.39, 0.29) is 5.56 Å². The molecule has 0 aliphatic rings. The zero-order valence-electron chi connectivity index (χ0n) is 12.4. The summed E-state index contributed by atoms with van der Waals surface area (Å²) in [6.45, 7) is -0.990. The van der Waals surface area contributed by atoms with Crippen molar-refractivity contribution in [2.75, 3.05) is 6.54 Å². The molecule has 0 spiro atoms. The van der Waals surface area contributed by atoms with Gasteiger partial charge in [0.2, 0.25) is 0 Å². The number of ether oxygens (including phenoxy) is 1.